The largest absolute Gasteiger partial charge is 0.393 e. The van der Waals surface area contributed by atoms with Crippen LogP contribution in [0.15, 0.2) is 0 Å². The molecule has 0 unspecified atom stereocenters. The summed E-state index contributed by atoms with van der Waals surface area (Å²) in [7, 11) is 0. The molecule has 1 rings (SSSR count). The molecule has 1 N–H and O–H groups in total. The van der Waals surface area contributed by atoms with Crippen LogP contribution in [-0.4, -0.2) is 11.2 Å². The summed E-state index contributed by atoms with van der Waals surface area (Å²) in [5.74, 6) is 0.630. The van der Waals surface area contributed by atoms with Crippen LogP contribution >= 0.6 is 0 Å². The van der Waals surface area contributed by atoms with Crippen LogP contribution in [0.1, 0.15) is 58.3 Å². The molecule has 0 radical (unpaired) electrons. The highest BCUT2D eigenvalue weighted by Crippen LogP contribution is 2.28. The SMILES string of the molecule is CCCC[C@@H](O)C1CCCCC1. The molecule has 0 spiro atoms. The van der Waals surface area contributed by atoms with E-state index in [0.29, 0.717) is 5.92 Å². The van der Waals surface area contributed by atoms with Gasteiger partial charge in [0, 0.05) is 0 Å². The minimum absolute atomic E-state index is 0.00486. The summed E-state index contributed by atoms with van der Waals surface area (Å²) in [5, 5.41) is 9.81. The molecular weight excluding hydrogens is 148 g/mol. The van der Waals surface area contributed by atoms with Gasteiger partial charge in [0.05, 0.1) is 6.10 Å². The fraction of sp³-hybridized carbons (Fsp3) is 1.00. The summed E-state index contributed by atoms with van der Waals surface area (Å²) in [4.78, 5) is 0. The minimum atomic E-state index is 0.00486. The van der Waals surface area contributed by atoms with Gasteiger partial charge in [0.2, 0.25) is 0 Å². The first-order chi connectivity index (χ1) is 5.84. The van der Waals surface area contributed by atoms with E-state index in [9.17, 15) is 5.11 Å². The molecule has 1 aliphatic carbocycles. The normalized spacial score (nSPS) is 22.5. The Labute approximate surface area is 76.2 Å². The molecule has 0 aromatic rings. The van der Waals surface area contributed by atoms with E-state index in [1.54, 1.807) is 0 Å². The molecule has 0 aromatic carbocycles. The molecule has 1 fully saturated rings. The van der Waals surface area contributed by atoms with Crippen LogP contribution in [0.2, 0.25) is 0 Å². The van der Waals surface area contributed by atoms with Crippen molar-refractivity contribution in [2.24, 2.45) is 5.92 Å². The van der Waals surface area contributed by atoms with Crippen LogP contribution in [-0.2, 0) is 0 Å². The van der Waals surface area contributed by atoms with Gasteiger partial charge in [-0.2, -0.15) is 0 Å². The lowest BCUT2D eigenvalue weighted by molar-refractivity contribution is 0.0753. The topological polar surface area (TPSA) is 20.2 Å². The lowest BCUT2D eigenvalue weighted by Crippen LogP contribution is -2.22. The van der Waals surface area contributed by atoms with E-state index in [-0.39, 0.29) is 6.10 Å². The Morgan fingerprint density at radius 2 is 1.92 bits per heavy atom. The molecule has 0 saturated heterocycles. The number of aliphatic hydroxyl groups excluding tert-OH is 1. The van der Waals surface area contributed by atoms with Crippen LogP contribution in [0.5, 0.6) is 0 Å². The standard InChI is InChI=1S/C11H22O/c1-2-3-9-11(12)10-7-5-4-6-8-10/h10-12H,2-9H2,1H3/t11-/m1/s1. The van der Waals surface area contributed by atoms with Crippen LogP contribution in [0.3, 0.4) is 0 Å². The number of unbranched alkanes of at least 4 members (excludes halogenated alkanes) is 1. The molecule has 1 nitrogen and oxygen atoms in total. The van der Waals surface area contributed by atoms with E-state index in [4.69, 9.17) is 0 Å². The zero-order chi connectivity index (χ0) is 8.81. The molecule has 0 amide bonds. The number of rotatable bonds is 4. The first kappa shape index (κ1) is 10.0. The molecule has 1 saturated carbocycles. The molecular formula is C11H22O. The summed E-state index contributed by atoms with van der Waals surface area (Å²) in [5.41, 5.74) is 0. The van der Waals surface area contributed by atoms with Crippen molar-refractivity contribution < 1.29 is 5.11 Å². The summed E-state index contributed by atoms with van der Waals surface area (Å²) in [6, 6.07) is 0. The molecule has 72 valence electrons. The molecule has 1 atom stereocenters. The van der Waals surface area contributed by atoms with Crippen molar-refractivity contribution in [3.8, 4) is 0 Å². The van der Waals surface area contributed by atoms with Gasteiger partial charge >= 0.3 is 0 Å². The van der Waals surface area contributed by atoms with Gasteiger partial charge in [0.1, 0.15) is 0 Å². The molecule has 0 bridgehead atoms. The highest BCUT2D eigenvalue weighted by Gasteiger charge is 2.20. The van der Waals surface area contributed by atoms with Gasteiger partial charge in [-0.05, 0) is 25.2 Å². The molecule has 0 aliphatic heterocycles. The van der Waals surface area contributed by atoms with E-state index in [1.807, 2.05) is 0 Å². The maximum absolute atomic E-state index is 9.81. The van der Waals surface area contributed by atoms with Gasteiger partial charge in [0.15, 0.2) is 0 Å². The van der Waals surface area contributed by atoms with E-state index in [0.717, 1.165) is 6.42 Å². The van der Waals surface area contributed by atoms with Crippen molar-refractivity contribution in [2.45, 2.75) is 64.4 Å². The van der Waals surface area contributed by atoms with Gasteiger partial charge < -0.3 is 5.11 Å². The highest BCUT2D eigenvalue weighted by atomic mass is 16.3. The predicted molar refractivity (Wildman–Crippen MR) is 52.1 cm³/mol. The van der Waals surface area contributed by atoms with Gasteiger partial charge in [-0.1, -0.05) is 39.0 Å². The van der Waals surface area contributed by atoms with Gasteiger partial charge in [-0.3, -0.25) is 0 Å². The monoisotopic (exact) mass is 170 g/mol. The van der Waals surface area contributed by atoms with Crippen molar-refractivity contribution in [2.75, 3.05) is 0 Å². The summed E-state index contributed by atoms with van der Waals surface area (Å²) < 4.78 is 0. The van der Waals surface area contributed by atoms with Crippen molar-refractivity contribution in [1.29, 1.82) is 0 Å². The molecule has 1 aliphatic rings. The minimum Gasteiger partial charge on any atom is -0.393 e. The van der Waals surface area contributed by atoms with Crippen LogP contribution in [0.25, 0.3) is 0 Å². The van der Waals surface area contributed by atoms with Gasteiger partial charge in [-0.15, -0.1) is 0 Å². The van der Waals surface area contributed by atoms with E-state index >= 15 is 0 Å². The fourth-order valence-corrected chi connectivity index (χ4v) is 2.17. The predicted octanol–water partition coefficient (Wildman–Crippen LogP) is 3.12. The fourth-order valence-electron chi connectivity index (χ4n) is 2.17. The van der Waals surface area contributed by atoms with E-state index in [2.05, 4.69) is 6.92 Å². The first-order valence-electron chi connectivity index (χ1n) is 5.52. The third-order valence-electron chi connectivity index (χ3n) is 3.05. The number of hydrogen-bond donors (Lipinski definition) is 1. The van der Waals surface area contributed by atoms with Gasteiger partial charge in [0.25, 0.3) is 0 Å². The Balaban J connectivity index is 2.15. The second kappa shape index (κ2) is 5.58. The maximum Gasteiger partial charge on any atom is 0.0568 e. The number of hydrogen-bond acceptors (Lipinski definition) is 1. The van der Waals surface area contributed by atoms with Crippen molar-refractivity contribution in [1.82, 2.24) is 0 Å². The number of aliphatic hydroxyl groups is 1. The summed E-state index contributed by atoms with van der Waals surface area (Å²) in [6.07, 6.45) is 10.0. The van der Waals surface area contributed by atoms with Crippen LogP contribution < -0.4 is 0 Å². The molecule has 1 heteroatoms. The Bertz CT molecular complexity index is 106. The third kappa shape index (κ3) is 3.14. The zero-order valence-corrected chi connectivity index (χ0v) is 8.26. The summed E-state index contributed by atoms with van der Waals surface area (Å²) >= 11 is 0. The smallest absolute Gasteiger partial charge is 0.0568 e. The van der Waals surface area contributed by atoms with Crippen LogP contribution in [0.4, 0.5) is 0 Å². The van der Waals surface area contributed by atoms with Crippen molar-refractivity contribution in [3.63, 3.8) is 0 Å². The Morgan fingerprint density at radius 3 is 2.50 bits per heavy atom. The van der Waals surface area contributed by atoms with Crippen molar-refractivity contribution >= 4 is 0 Å². The quantitative estimate of drug-likeness (QED) is 0.687. The third-order valence-corrected chi connectivity index (χ3v) is 3.05. The Morgan fingerprint density at radius 1 is 1.25 bits per heavy atom. The van der Waals surface area contributed by atoms with Crippen molar-refractivity contribution in [3.05, 3.63) is 0 Å². The maximum atomic E-state index is 9.81. The molecule has 0 aromatic heterocycles. The van der Waals surface area contributed by atoms with Gasteiger partial charge in [-0.25, -0.2) is 0 Å². The average Bonchev–Trinajstić information content (AvgIpc) is 2.15. The Kier molecular flexibility index (Phi) is 4.67. The first-order valence-corrected chi connectivity index (χ1v) is 5.52. The van der Waals surface area contributed by atoms with Crippen LogP contribution in [0, 0.1) is 5.92 Å². The average molecular weight is 170 g/mol. The van der Waals surface area contributed by atoms with E-state index in [1.165, 1.54) is 44.9 Å². The second-order valence-corrected chi connectivity index (χ2v) is 4.11. The highest BCUT2D eigenvalue weighted by molar-refractivity contribution is 4.72. The van der Waals surface area contributed by atoms with E-state index < -0.39 is 0 Å². The lowest BCUT2D eigenvalue weighted by Gasteiger charge is -2.26. The zero-order valence-electron chi connectivity index (χ0n) is 8.26. The lowest BCUT2D eigenvalue weighted by atomic mass is 9.84. The summed E-state index contributed by atoms with van der Waals surface area (Å²) in [6.45, 7) is 2.19. The molecule has 0 heterocycles. The molecule has 12 heavy (non-hydrogen) atoms. The Hall–Kier alpha value is -0.0400. The second-order valence-electron chi connectivity index (χ2n) is 4.11.